The zero-order valence-corrected chi connectivity index (χ0v) is 6.10. The van der Waals surface area contributed by atoms with Gasteiger partial charge >= 0.3 is 5.97 Å². The van der Waals surface area contributed by atoms with Crippen LogP contribution in [0, 0.1) is 0 Å². The quantitative estimate of drug-likeness (QED) is 0.282. The lowest BCUT2D eigenvalue weighted by atomic mass is 10.4. The van der Waals surface area contributed by atoms with Crippen LogP contribution in [0.1, 0.15) is 6.92 Å². The molecule has 4 N–H and O–H groups in total. The van der Waals surface area contributed by atoms with Gasteiger partial charge in [-0.2, -0.15) is 5.10 Å². The average molecular weight is 161 g/mol. The van der Waals surface area contributed by atoms with Crippen molar-refractivity contribution in [3.63, 3.8) is 0 Å². The SMILES string of the molecule is C/C(=N\NC(N)=S)C(=O)O. The second-order valence-corrected chi connectivity index (χ2v) is 1.92. The van der Waals surface area contributed by atoms with Crippen molar-refractivity contribution in [1.82, 2.24) is 5.43 Å². The van der Waals surface area contributed by atoms with Crippen LogP contribution in [0.3, 0.4) is 0 Å². The number of rotatable bonds is 2. The van der Waals surface area contributed by atoms with Gasteiger partial charge in [-0.25, -0.2) is 4.79 Å². The van der Waals surface area contributed by atoms with E-state index < -0.39 is 5.97 Å². The van der Waals surface area contributed by atoms with Crippen molar-refractivity contribution < 1.29 is 9.90 Å². The summed E-state index contributed by atoms with van der Waals surface area (Å²) in [7, 11) is 0. The Bertz CT molecular complexity index is 189. The van der Waals surface area contributed by atoms with Crippen molar-refractivity contribution in [2.45, 2.75) is 6.92 Å². The van der Waals surface area contributed by atoms with Crippen molar-refractivity contribution in [3.8, 4) is 0 Å². The van der Waals surface area contributed by atoms with Crippen LogP contribution in [-0.2, 0) is 4.79 Å². The first-order chi connectivity index (χ1) is 4.54. The Balaban J connectivity index is 3.92. The molecule has 0 saturated heterocycles. The molecule has 0 aromatic rings. The Hall–Kier alpha value is -1.17. The summed E-state index contributed by atoms with van der Waals surface area (Å²) >= 11 is 4.37. The summed E-state index contributed by atoms with van der Waals surface area (Å²) in [4.78, 5) is 10.1. The largest absolute Gasteiger partial charge is 0.477 e. The van der Waals surface area contributed by atoms with Crippen LogP contribution in [0.25, 0.3) is 0 Å². The highest BCUT2D eigenvalue weighted by atomic mass is 32.1. The monoisotopic (exact) mass is 161 g/mol. The van der Waals surface area contributed by atoms with Crippen LogP contribution < -0.4 is 11.2 Å². The number of thiocarbonyl (C=S) groups is 1. The third kappa shape index (κ3) is 3.79. The molecule has 0 bridgehead atoms. The van der Waals surface area contributed by atoms with Crippen LogP contribution in [-0.4, -0.2) is 21.9 Å². The van der Waals surface area contributed by atoms with E-state index in [1.54, 1.807) is 0 Å². The van der Waals surface area contributed by atoms with Gasteiger partial charge in [0.2, 0.25) is 0 Å². The van der Waals surface area contributed by atoms with Crippen LogP contribution in [0.4, 0.5) is 0 Å². The minimum atomic E-state index is -1.11. The van der Waals surface area contributed by atoms with E-state index in [0.29, 0.717) is 0 Å². The van der Waals surface area contributed by atoms with E-state index in [1.807, 2.05) is 0 Å². The first-order valence-electron chi connectivity index (χ1n) is 2.37. The van der Waals surface area contributed by atoms with Gasteiger partial charge in [-0.1, -0.05) is 0 Å². The molecule has 0 aliphatic carbocycles. The molecular formula is C4H7N3O2S. The summed E-state index contributed by atoms with van der Waals surface area (Å²) < 4.78 is 0. The Labute approximate surface area is 62.9 Å². The van der Waals surface area contributed by atoms with Crippen molar-refractivity contribution in [2.24, 2.45) is 10.8 Å². The number of hydrazone groups is 1. The molecule has 6 heteroatoms. The van der Waals surface area contributed by atoms with E-state index in [1.165, 1.54) is 6.92 Å². The fourth-order valence-electron chi connectivity index (χ4n) is 0.187. The van der Waals surface area contributed by atoms with E-state index in [9.17, 15) is 4.79 Å². The Morgan fingerprint density at radius 3 is 2.60 bits per heavy atom. The molecule has 0 aliphatic heterocycles. The number of nitrogens with two attached hydrogens (primary N) is 1. The topological polar surface area (TPSA) is 87.7 Å². The molecule has 0 heterocycles. The molecule has 56 valence electrons. The molecule has 0 radical (unpaired) electrons. The maximum absolute atomic E-state index is 10.1. The highest BCUT2D eigenvalue weighted by molar-refractivity contribution is 7.80. The van der Waals surface area contributed by atoms with Crippen molar-refractivity contribution >= 4 is 29.0 Å². The van der Waals surface area contributed by atoms with Gasteiger partial charge in [-0.15, -0.1) is 0 Å². The zero-order valence-electron chi connectivity index (χ0n) is 5.29. The predicted molar refractivity (Wildman–Crippen MR) is 40.7 cm³/mol. The lowest BCUT2D eigenvalue weighted by Gasteiger charge is -1.94. The number of aliphatic carboxylic acids is 1. The first-order valence-corrected chi connectivity index (χ1v) is 2.78. The minimum absolute atomic E-state index is 0.0550. The molecule has 0 fully saturated rings. The normalized spacial score (nSPS) is 10.7. The standard InChI is InChI=1S/C4H7N3O2S/c1-2(3(8)9)6-7-4(5)10/h1H3,(H,8,9)(H3,5,7,10)/b6-2+. The molecular weight excluding hydrogens is 154 g/mol. The Morgan fingerprint density at radius 2 is 2.30 bits per heavy atom. The predicted octanol–water partition coefficient (Wildman–Crippen LogP) is -0.720. The second-order valence-electron chi connectivity index (χ2n) is 1.48. The molecule has 0 unspecified atom stereocenters. The summed E-state index contributed by atoms with van der Waals surface area (Å²) in [5.41, 5.74) is 7.01. The van der Waals surface area contributed by atoms with Gasteiger partial charge in [-0.05, 0) is 19.1 Å². The number of carbonyl (C=O) groups is 1. The van der Waals surface area contributed by atoms with Crippen molar-refractivity contribution in [1.29, 1.82) is 0 Å². The molecule has 0 amide bonds. The van der Waals surface area contributed by atoms with Gasteiger partial charge in [0.25, 0.3) is 0 Å². The lowest BCUT2D eigenvalue weighted by Crippen LogP contribution is -2.26. The van der Waals surface area contributed by atoms with Gasteiger partial charge in [0.15, 0.2) is 5.11 Å². The van der Waals surface area contributed by atoms with E-state index in [-0.39, 0.29) is 10.8 Å². The molecule has 0 aromatic heterocycles. The van der Waals surface area contributed by atoms with Gasteiger partial charge in [0, 0.05) is 0 Å². The minimum Gasteiger partial charge on any atom is -0.477 e. The number of carboxylic acids is 1. The highest BCUT2D eigenvalue weighted by Gasteiger charge is 1.99. The summed E-state index contributed by atoms with van der Waals surface area (Å²) in [5, 5.41) is 11.5. The van der Waals surface area contributed by atoms with E-state index in [4.69, 9.17) is 10.8 Å². The summed E-state index contributed by atoms with van der Waals surface area (Å²) in [6.07, 6.45) is 0. The number of nitrogens with one attached hydrogen (secondary N) is 1. The number of carboxylic acid groups (broad SMARTS) is 1. The number of hydrogen-bond acceptors (Lipinski definition) is 3. The molecule has 10 heavy (non-hydrogen) atoms. The van der Waals surface area contributed by atoms with Crippen molar-refractivity contribution in [2.75, 3.05) is 0 Å². The Morgan fingerprint density at radius 1 is 1.80 bits per heavy atom. The van der Waals surface area contributed by atoms with Gasteiger partial charge < -0.3 is 10.8 Å². The number of hydrogen-bond donors (Lipinski definition) is 3. The molecule has 0 atom stereocenters. The summed E-state index contributed by atoms with van der Waals surface area (Å²) in [6, 6.07) is 0. The Kier molecular flexibility index (Phi) is 3.34. The maximum atomic E-state index is 10.1. The number of nitrogens with zero attached hydrogens (tertiary/aromatic N) is 1. The molecule has 5 nitrogen and oxygen atoms in total. The van der Waals surface area contributed by atoms with Crippen LogP contribution >= 0.6 is 12.2 Å². The molecule has 0 rings (SSSR count). The van der Waals surface area contributed by atoms with Crippen LogP contribution in [0.15, 0.2) is 5.10 Å². The summed E-state index contributed by atoms with van der Waals surface area (Å²) in [6.45, 7) is 1.33. The maximum Gasteiger partial charge on any atom is 0.351 e. The van der Waals surface area contributed by atoms with Gasteiger partial charge in [-0.3, -0.25) is 5.43 Å². The average Bonchev–Trinajstić information content (AvgIpc) is 1.82. The zero-order chi connectivity index (χ0) is 8.15. The first kappa shape index (κ1) is 8.83. The van der Waals surface area contributed by atoms with Crippen LogP contribution in [0.5, 0.6) is 0 Å². The van der Waals surface area contributed by atoms with Crippen LogP contribution in [0.2, 0.25) is 0 Å². The lowest BCUT2D eigenvalue weighted by molar-refractivity contribution is -0.129. The smallest absolute Gasteiger partial charge is 0.351 e. The summed E-state index contributed by atoms with van der Waals surface area (Å²) in [5.74, 6) is -1.11. The van der Waals surface area contributed by atoms with Crippen molar-refractivity contribution in [3.05, 3.63) is 0 Å². The van der Waals surface area contributed by atoms with Gasteiger partial charge in [0.05, 0.1) is 0 Å². The molecule has 0 spiro atoms. The highest BCUT2D eigenvalue weighted by Crippen LogP contribution is 1.73. The molecule has 0 saturated carbocycles. The second kappa shape index (κ2) is 3.78. The van der Waals surface area contributed by atoms with E-state index in [0.717, 1.165) is 0 Å². The van der Waals surface area contributed by atoms with Gasteiger partial charge in [0.1, 0.15) is 5.71 Å². The molecule has 0 aliphatic rings. The third-order valence-electron chi connectivity index (χ3n) is 0.643. The third-order valence-corrected chi connectivity index (χ3v) is 0.735. The molecule has 0 aromatic carbocycles. The van der Waals surface area contributed by atoms with E-state index >= 15 is 0 Å². The van der Waals surface area contributed by atoms with E-state index in [2.05, 4.69) is 22.7 Å². The fourth-order valence-corrected chi connectivity index (χ4v) is 0.232. The fraction of sp³-hybridized carbons (Fsp3) is 0.250.